The van der Waals surface area contributed by atoms with Crippen LogP contribution in [-0.2, 0) is 15.9 Å². The number of benzene rings is 2. The van der Waals surface area contributed by atoms with Crippen LogP contribution in [0.3, 0.4) is 0 Å². The fourth-order valence-electron chi connectivity index (χ4n) is 4.32. The van der Waals surface area contributed by atoms with E-state index in [2.05, 4.69) is 4.98 Å². The largest absolute Gasteiger partial charge is 0.489 e. The van der Waals surface area contributed by atoms with Gasteiger partial charge in [0.1, 0.15) is 38.2 Å². The summed E-state index contributed by atoms with van der Waals surface area (Å²) in [7, 11) is 0. The minimum Gasteiger partial charge on any atom is -0.489 e. The van der Waals surface area contributed by atoms with E-state index in [1.165, 1.54) is 18.2 Å². The molecule has 0 spiro atoms. The second kappa shape index (κ2) is 10.0. The van der Waals surface area contributed by atoms with Gasteiger partial charge in [0.15, 0.2) is 0 Å². The number of H-pyrrole nitrogens is 1. The number of rotatable bonds is 10. The highest BCUT2D eigenvalue weighted by Crippen LogP contribution is 2.49. The molecule has 0 aliphatic carbocycles. The molecule has 1 aliphatic rings. The number of aromatic amines is 1. The molecule has 0 unspecified atom stereocenters. The molecule has 0 atom stereocenters. The highest BCUT2D eigenvalue weighted by Gasteiger charge is 2.50. The third kappa shape index (κ3) is 4.23. The summed E-state index contributed by atoms with van der Waals surface area (Å²) in [5, 5.41) is 0.518. The number of aromatic nitrogens is 1. The lowest BCUT2D eigenvalue weighted by atomic mass is 10.1. The van der Waals surface area contributed by atoms with E-state index in [0.29, 0.717) is 27.8 Å². The number of ether oxygens (including phenoxy) is 3. The van der Waals surface area contributed by atoms with Gasteiger partial charge in [0.25, 0.3) is 11.5 Å². The molecule has 2 aromatic carbocycles. The first-order valence-corrected chi connectivity index (χ1v) is 10.8. The van der Waals surface area contributed by atoms with E-state index in [4.69, 9.17) is 14.2 Å². The Morgan fingerprint density at radius 3 is 2.38 bits per heavy atom. The van der Waals surface area contributed by atoms with E-state index in [1.54, 1.807) is 30.0 Å². The molecule has 0 amide bonds. The average molecular weight is 480 g/mol. The Morgan fingerprint density at radius 2 is 1.74 bits per heavy atom. The smallest absolute Gasteiger partial charge is 0.260 e. The SMILES string of the molecule is Cc1cc(F)ccc1N1c2c(c(=O)[nH]c3c(OCCF)cccc23)CC1(OCCF)OCCF. The molecule has 1 aromatic heterocycles. The predicted octanol–water partition coefficient (Wildman–Crippen LogP) is 4.64. The Labute approximate surface area is 193 Å². The van der Waals surface area contributed by atoms with Gasteiger partial charge in [-0.15, -0.1) is 0 Å². The molecule has 4 rings (SSSR count). The summed E-state index contributed by atoms with van der Waals surface area (Å²) in [5.74, 6) is -1.96. The number of aryl methyl sites for hydroxylation is 1. The highest BCUT2D eigenvalue weighted by molar-refractivity contribution is 6.00. The quantitative estimate of drug-likeness (QED) is 0.338. The van der Waals surface area contributed by atoms with Crippen molar-refractivity contribution in [1.29, 1.82) is 0 Å². The van der Waals surface area contributed by atoms with Crippen LogP contribution in [-0.4, -0.2) is 50.7 Å². The lowest BCUT2D eigenvalue weighted by Crippen LogP contribution is -2.50. The normalized spacial score (nSPS) is 14.6. The topological polar surface area (TPSA) is 63.8 Å². The number of pyridine rings is 1. The number of hydrogen-bond acceptors (Lipinski definition) is 5. The monoisotopic (exact) mass is 480 g/mol. The van der Waals surface area contributed by atoms with Gasteiger partial charge in [0.2, 0.25) is 0 Å². The molecule has 0 radical (unpaired) electrons. The van der Waals surface area contributed by atoms with Gasteiger partial charge >= 0.3 is 0 Å². The number of para-hydroxylation sites is 1. The molecule has 182 valence electrons. The average Bonchev–Trinajstić information content (AvgIpc) is 3.16. The van der Waals surface area contributed by atoms with Crippen LogP contribution in [0.15, 0.2) is 41.2 Å². The van der Waals surface area contributed by atoms with Crippen molar-refractivity contribution >= 4 is 22.3 Å². The lowest BCUT2D eigenvalue weighted by Gasteiger charge is -2.40. The molecule has 34 heavy (non-hydrogen) atoms. The molecule has 1 aliphatic heterocycles. The maximum atomic E-state index is 13.9. The van der Waals surface area contributed by atoms with Gasteiger partial charge in [-0.2, -0.15) is 0 Å². The van der Waals surface area contributed by atoms with Crippen molar-refractivity contribution in [2.45, 2.75) is 19.3 Å². The maximum Gasteiger partial charge on any atom is 0.260 e. The summed E-state index contributed by atoms with van der Waals surface area (Å²) in [6.45, 7) is -1.70. The Balaban J connectivity index is 2.01. The van der Waals surface area contributed by atoms with Crippen LogP contribution in [0.25, 0.3) is 10.9 Å². The third-order valence-electron chi connectivity index (χ3n) is 5.59. The number of nitrogens with zero attached hydrogens (tertiary/aromatic N) is 1. The highest BCUT2D eigenvalue weighted by atomic mass is 19.1. The number of alkyl halides is 3. The Morgan fingerprint density at radius 1 is 1.03 bits per heavy atom. The van der Waals surface area contributed by atoms with Crippen molar-refractivity contribution in [3.8, 4) is 5.75 Å². The molecule has 0 saturated heterocycles. The molecule has 6 nitrogen and oxygen atoms in total. The fraction of sp³-hybridized carbons (Fsp3) is 0.375. The van der Waals surface area contributed by atoms with E-state index >= 15 is 0 Å². The molecule has 10 heteroatoms. The first kappa shape index (κ1) is 24.0. The number of anilines is 2. The third-order valence-corrected chi connectivity index (χ3v) is 5.59. The van der Waals surface area contributed by atoms with Crippen molar-refractivity contribution < 1.29 is 31.8 Å². The second-order valence-electron chi connectivity index (χ2n) is 7.73. The first-order valence-electron chi connectivity index (χ1n) is 10.8. The van der Waals surface area contributed by atoms with Crippen LogP contribution in [0.5, 0.6) is 5.75 Å². The molecule has 0 bridgehead atoms. The number of hydrogen-bond donors (Lipinski definition) is 1. The fourth-order valence-corrected chi connectivity index (χ4v) is 4.32. The predicted molar refractivity (Wildman–Crippen MR) is 120 cm³/mol. The Bertz CT molecular complexity index is 1230. The van der Waals surface area contributed by atoms with Gasteiger partial charge in [0, 0.05) is 16.6 Å². The lowest BCUT2D eigenvalue weighted by molar-refractivity contribution is -0.229. The summed E-state index contributed by atoms with van der Waals surface area (Å²) >= 11 is 0. The van der Waals surface area contributed by atoms with Gasteiger partial charge in [-0.05, 0) is 36.8 Å². The van der Waals surface area contributed by atoms with Crippen LogP contribution in [0.1, 0.15) is 11.1 Å². The zero-order chi connectivity index (χ0) is 24.3. The molecule has 0 saturated carbocycles. The van der Waals surface area contributed by atoms with E-state index in [-0.39, 0.29) is 37.6 Å². The van der Waals surface area contributed by atoms with Crippen molar-refractivity contribution in [2.24, 2.45) is 0 Å². The number of halogens is 4. The molecular weight excluding hydrogens is 456 g/mol. The van der Waals surface area contributed by atoms with E-state index < -0.39 is 37.3 Å². The van der Waals surface area contributed by atoms with Crippen LogP contribution in [0.2, 0.25) is 0 Å². The van der Waals surface area contributed by atoms with E-state index in [9.17, 15) is 22.4 Å². The first-order chi connectivity index (χ1) is 16.5. The Hall–Kier alpha value is -3.11. The van der Waals surface area contributed by atoms with Gasteiger partial charge in [-0.3, -0.25) is 9.69 Å². The van der Waals surface area contributed by atoms with Crippen molar-refractivity contribution in [1.82, 2.24) is 4.98 Å². The van der Waals surface area contributed by atoms with Gasteiger partial charge in [-0.1, -0.05) is 12.1 Å². The molecule has 3 aromatic rings. The van der Waals surface area contributed by atoms with E-state index in [1.807, 2.05) is 0 Å². The Kier molecular flexibility index (Phi) is 7.08. The minimum atomic E-state index is -1.75. The number of fused-ring (bicyclic) bond motifs is 3. The summed E-state index contributed by atoms with van der Waals surface area (Å²) in [4.78, 5) is 17.5. The standard InChI is InChI=1S/C24H24F4N2O4/c1-15-13-16(28)5-6-19(15)30-22-17-3-2-4-20(32-10-7-25)21(17)29-23(31)18(22)14-24(30,33-11-8-26)34-12-9-27/h2-6,13H,7-12,14H2,1H3,(H,29,31). The van der Waals surface area contributed by atoms with Gasteiger partial charge < -0.3 is 19.2 Å². The minimum absolute atomic E-state index is 0.139. The molecule has 0 fully saturated rings. The molecular formula is C24H24F4N2O4. The molecule has 1 N–H and O–H groups in total. The van der Waals surface area contributed by atoms with Crippen LogP contribution < -0.4 is 15.2 Å². The second-order valence-corrected chi connectivity index (χ2v) is 7.73. The summed E-state index contributed by atoms with van der Waals surface area (Å²) < 4.78 is 70.2. The van der Waals surface area contributed by atoms with Crippen molar-refractivity contribution in [3.05, 3.63) is 63.7 Å². The number of nitrogens with one attached hydrogen (secondary N) is 1. The summed E-state index contributed by atoms with van der Waals surface area (Å²) in [6.07, 6.45) is -0.139. The zero-order valence-corrected chi connectivity index (χ0v) is 18.5. The summed E-state index contributed by atoms with van der Waals surface area (Å²) in [5.41, 5.74) is 1.38. The van der Waals surface area contributed by atoms with Gasteiger partial charge in [-0.25, -0.2) is 17.6 Å². The van der Waals surface area contributed by atoms with Gasteiger partial charge in [0.05, 0.1) is 30.8 Å². The van der Waals surface area contributed by atoms with Crippen LogP contribution in [0, 0.1) is 12.7 Å². The maximum absolute atomic E-state index is 13.9. The van der Waals surface area contributed by atoms with E-state index in [0.717, 1.165) is 0 Å². The molecule has 2 heterocycles. The zero-order valence-electron chi connectivity index (χ0n) is 18.5. The van der Waals surface area contributed by atoms with Crippen molar-refractivity contribution in [2.75, 3.05) is 44.7 Å². The van der Waals surface area contributed by atoms with Crippen molar-refractivity contribution in [3.63, 3.8) is 0 Å². The van der Waals surface area contributed by atoms with Crippen LogP contribution in [0.4, 0.5) is 28.9 Å². The summed E-state index contributed by atoms with van der Waals surface area (Å²) in [6, 6.07) is 9.01. The van der Waals surface area contributed by atoms with Crippen LogP contribution >= 0.6 is 0 Å².